The summed E-state index contributed by atoms with van der Waals surface area (Å²) in [5.41, 5.74) is 16.5. The Morgan fingerprint density at radius 3 is 1.72 bits per heavy atom. The zero-order chi connectivity index (χ0) is 37.8. The Labute approximate surface area is 331 Å². The molecule has 11 rings (SSSR count). The average molecular weight is 729 g/mol. The molecule has 2 aromatic heterocycles. The summed E-state index contributed by atoms with van der Waals surface area (Å²) in [4.78, 5) is 6.78. The predicted octanol–water partition coefficient (Wildman–Crippen LogP) is 14.1. The molecule has 0 unspecified atom stereocenters. The number of rotatable bonds is 7. The summed E-state index contributed by atoms with van der Waals surface area (Å²) in [6.45, 7) is 0. The minimum absolute atomic E-state index is 0.469. The largest absolute Gasteiger partial charge is 0.455 e. The molecule has 8 aromatic carbocycles. The first-order valence-electron chi connectivity index (χ1n) is 19.4. The minimum Gasteiger partial charge on any atom is -0.455 e. The second kappa shape index (κ2) is 13.4. The molecule has 0 aliphatic heterocycles. The second-order valence-corrected chi connectivity index (χ2v) is 14.7. The zero-order valence-corrected chi connectivity index (χ0v) is 31.1. The average Bonchev–Trinajstić information content (AvgIpc) is 3.82. The molecule has 3 heteroatoms. The van der Waals surface area contributed by atoms with Gasteiger partial charge in [-0.05, 0) is 93.0 Å². The molecule has 10 aromatic rings. The van der Waals surface area contributed by atoms with Gasteiger partial charge in [0.05, 0.1) is 5.41 Å². The number of nitrogens with zero attached hydrogens (tertiary/aromatic N) is 2. The fourth-order valence-corrected chi connectivity index (χ4v) is 9.16. The fourth-order valence-electron chi connectivity index (χ4n) is 9.16. The normalized spacial score (nSPS) is 12.7. The van der Waals surface area contributed by atoms with E-state index in [2.05, 4.69) is 198 Å². The van der Waals surface area contributed by atoms with Gasteiger partial charge < -0.3 is 9.32 Å². The Morgan fingerprint density at radius 1 is 0.404 bits per heavy atom. The molecule has 1 aliphatic rings. The quantitative estimate of drug-likeness (QED) is 0.164. The maximum absolute atomic E-state index is 6.51. The van der Waals surface area contributed by atoms with E-state index in [1.165, 1.54) is 33.4 Å². The molecule has 0 atom stereocenters. The van der Waals surface area contributed by atoms with Crippen molar-refractivity contribution in [1.29, 1.82) is 0 Å². The Morgan fingerprint density at radius 2 is 0.982 bits per heavy atom. The first-order chi connectivity index (χ1) is 28.3. The molecule has 0 fully saturated rings. The van der Waals surface area contributed by atoms with Crippen LogP contribution in [-0.2, 0) is 5.41 Å². The molecule has 57 heavy (non-hydrogen) atoms. The van der Waals surface area contributed by atoms with E-state index in [0.717, 1.165) is 61.3 Å². The first kappa shape index (κ1) is 32.9. The molecule has 2 heterocycles. The SMILES string of the molecule is c1ccc(C2(c3ccc(N(c4cccc(-c5cccnc5)c4)c4cccc(-c5cccc6c5oc5ccccc56)c4)cc3)c3ccccc3-c3ccccc32)cc1. The summed E-state index contributed by atoms with van der Waals surface area (Å²) in [7, 11) is 0. The molecule has 268 valence electrons. The highest BCUT2D eigenvalue weighted by Crippen LogP contribution is 2.56. The van der Waals surface area contributed by atoms with Crippen molar-refractivity contribution >= 4 is 39.0 Å². The van der Waals surface area contributed by atoms with Crippen LogP contribution in [0.4, 0.5) is 17.1 Å². The Hall–Kier alpha value is -7.49. The van der Waals surface area contributed by atoms with Gasteiger partial charge in [-0.25, -0.2) is 0 Å². The first-order valence-corrected chi connectivity index (χ1v) is 19.4. The summed E-state index contributed by atoms with van der Waals surface area (Å²) < 4.78 is 6.51. The van der Waals surface area contributed by atoms with Crippen molar-refractivity contribution < 1.29 is 4.42 Å². The van der Waals surface area contributed by atoms with E-state index >= 15 is 0 Å². The molecule has 0 bridgehead atoms. The van der Waals surface area contributed by atoms with E-state index < -0.39 is 5.41 Å². The van der Waals surface area contributed by atoms with Gasteiger partial charge in [0.1, 0.15) is 11.2 Å². The van der Waals surface area contributed by atoms with Crippen molar-refractivity contribution in [3.63, 3.8) is 0 Å². The van der Waals surface area contributed by atoms with E-state index in [4.69, 9.17) is 4.42 Å². The molecule has 0 saturated carbocycles. The summed E-state index contributed by atoms with van der Waals surface area (Å²) in [6.07, 6.45) is 3.74. The molecule has 0 radical (unpaired) electrons. The van der Waals surface area contributed by atoms with Crippen molar-refractivity contribution in [2.24, 2.45) is 0 Å². The van der Waals surface area contributed by atoms with Crippen LogP contribution < -0.4 is 4.90 Å². The van der Waals surface area contributed by atoms with Gasteiger partial charge in [0.15, 0.2) is 0 Å². The topological polar surface area (TPSA) is 29.3 Å². The van der Waals surface area contributed by atoms with Gasteiger partial charge in [0.2, 0.25) is 0 Å². The number of fused-ring (bicyclic) bond motifs is 6. The lowest BCUT2D eigenvalue weighted by Gasteiger charge is -2.34. The molecule has 0 spiro atoms. The van der Waals surface area contributed by atoms with Crippen LogP contribution in [0.15, 0.2) is 223 Å². The molecular formula is C54H36N2O. The van der Waals surface area contributed by atoms with Crippen molar-refractivity contribution in [3.05, 3.63) is 241 Å². The summed E-state index contributed by atoms with van der Waals surface area (Å²) in [5.74, 6) is 0. The van der Waals surface area contributed by atoms with Gasteiger partial charge >= 0.3 is 0 Å². The number of hydrogen-bond acceptors (Lipinski definition) is 3. The Balaban J connectivity index is 1.09. The lowest BCUT2D eigenvalue weighted by atomic mass is 9.68. The predicted molar refractivity (Wildman–Crippen MR) is 234 cm³/mol. The van der Waals surface area contributed by atoms with E-state index in [1.807, 2.05) is 30.6 Å². The van der Waals surface area contributed by atoms with Gasteiger partial charge in [0, 0.05) is 51.4 Å². The summed E-state index contributed by atoms with van der Waals surface area (Å²) in [6, 6.07) is 74.3. The van der Waals surface area contributed by atoms with Gasteiger partial charge in [-0.15, -0.1) is 0 Å². The number of hydrogen-bond donors (Lipinski definition) is 0. The Kier molecular flexibility index (Phi) is 7.71. The molecule has 1 aliphatic carbocycles. The molecular weight excluding hydrogens is 693 g/mol. The second-order valence-electron chi connectivity index (χ2n) is 14.7. The van der Waals surface area contributed by atoms with Crippen LogP contribution in [0, 0.1) is 0 Å². The summed E-state index contributed by atoms with van der Waals surface area (Å²) >= 11 is 0. The van der Waals surface area contributed by atoms with Crippen molar-refractivity contribution in [2.75, 3.05) is 4.90 Å². The number of anilines is 3. The van der Waals surface area contributed by atoms with Crippen LogP contribution in [0.1, 0.15) is 22.3 Å². The van der Waals surface area contributed by atoms with Crippen LogP contribution in [0.3, 0.4) is 0 Å². The van der Waals surface area contributed by atoms with Gasteiger partial charge in [0.25, 0.3) is 0 Å². The molecule has 0 saturated heterocycles. The number of benzene rings is 8. The highest BCUT2D eigenvalue weighted by atomic mass is 16.3. The fraction of sp³-hybridized carbons (Fsp3) is 0.0185. The standard InChI is InChI=1S/C54H36N2O/c1-2-17-40(18-3-1)54(50-26-7-4-21-46(50)47-22-5-8-27-51(47)54)41-29-31-42(32-30-41)56(43-19-10-14-37(34-43)39-16-13-33-55-36-39)44-20-11-15-38(35-44)45-24-12-25-49-48-23-6-9-28-52(48)57-53(45)49/h1-36H. The van der Waals surface area contributed by atoms with Gasteiger partial charge in [-0.2, -0.15) is 0 Å². The van der Waals surface area contributed by atoms with Crippen LogP contribution >= 0.6 is 0 Å². The Bertz CT molecular complexity index is 3030. The van der Waals surface area contributed by atoms with Crippen molar-refractivity contribution in [3.8, 4) is 33.4 Å². The molecule has 0 N–H and O–H groups in total. The van der Waals surface area contributed by atoms with Gasteiger partial charge in [-0.3, -0.25) is 4.98 Å². The zero-order valence-electron chi connectivity index (χ0n) is 31.1. The molecule has 3 nitrogen and oxygen atoms in total. The third-order valence-corrected chi connectivity index (χ3v) is 11.6. The van der Waals surface area contributed by atoms with E-state index in [1.54, 1.807) is 0 Å². The number of para-hydroxylation sites is 2. The van der Waals surface area contributed by atoms with E-state index in [-0.39, 0.29) is 0 Å². The lowest BCUT2D eigenvalue weighted by Crippen LogP contribution is -2.28. The summed E-state index contributed by atoms with van der Waals surface area (Å²) in [5, 5.41) is 2.24. The highest BCUT2D eigenvalue weighted by molar-refractivity contribution is 6.09. The minimum atomic E-state index is -0.469. The number of pyridine rings is 1. The van der Waals surface area contributed by atoms with Crippen LogP contribution in [0.5, 0.6) is 0 Å². The molecule has 0 amide bonds. The lowest BCUT2D eigenvalue weighted by molar-refractivity contribution is 0.670. The van der Waals surface area contributed by atoms with Crippen molar-refractivity contribution in [2.45, 2.75) is 5.41 Å². The third kappa shape index (κ3) is 5.24. The maximum Gasteiger partial charge on any atom is 0.143 e. The number of furan rings is 1. The van der Waals surface area contributed by atoms with E-state index in [9.17, 15) is 0 Å². The van der Waals surface area contributed by atoms with Crippen LogP contribution in [0.2, 0.25) is 0 Å². The van der Waals surface area contributed by atoms with Crippen LogP contribution in [0.25, 0.3) is 55.3 Å². The van der Waals surface area contributed by atoms with E-state index in [0.29, 0.717) is 0 Å². The van der Waals surface area contributed by atoms with Gasteiger partial charge in [-0.1, -0.05) is 158 Å². The monoisotopic (exact) mass is 728 g/mol. The maximum atomic E-state index is 6.51. The third-order valence-electron chi connectivity index (χ3n) is 11.6. The number of aromatic nitrogens is 1. The highest BCUT2D eigenvalue weighted by Gasteiger charge is 2.45. The smallest absolute Gasteiger partial charge is 0.143 e. The van der Waals surface area contributed by atoms with Crippen LogP contribution in [-0.4, -0.2) is 4.98 Å². The van der Waals surface area contributed by atoms with Crippen molar-refractivity contribution in [1.82, 2.24) is 4.98 Å².